The predicted molar refractivity (Wildman–Crippen MR) is 89.4 cm³/mol. The van der Waals surface area contributed by atoms with Gasteiger partial charge in [0.05, 0.1) is 16.0 Å². The van der Waals surface area contributed by atoms with E-state index in [0.717, 1.165) is 36.4 Å². The molecule has 0 aliphatic heterocycles. The van der Waals surface area contributed by atoms with Crippen LogP contribution in [0.4, 0.5) is 0 Å². The molecule has 3 nitrogen and oxygen atoms in total. The van der Waals surface area contributed by atoms with Crippen LogP contribution in [0.3, 0.4) is 0 Å². The summed E-state index contributed by atoms with van der Waals surface area (Å²) in [4.78, 5) is 9.29. The van der Waals surface area contributed by atoms with Gasteiger partial charge in [0.15, 0.2) is 0 Å². The van der Waals surface area contributed by atoms with E-state index in [9.17, 15) is 0 Å². The second-order valence-corrected chi connectivity index (χ2v) is 6.51. The average Bonchev–Trinajstić information content (AvgIpc) is 3.01. The molecule has 0 saturated heterocycles. The van der Waals surface area contributed by atoms with Gasteiger partial charge in [-0.05, 0) is 25.5 Å². The van der Waals surface area contributed by atoms with Crippen LogP contribution < -0.4 is 0 Å². The highest BCUT2D eigenvalue weighted by Crippen LogP contribution is 2.22. The number of para-hydroxylation sites is 1. The Labute approximate surface area is 133 Å². The zero-order valence-corrected chi connectivity index (χ0v) is 13.8. The third-order valence-corrected chi connectivity index (χ3v) is 4.80. The Morgan fingerprint density at radius 3 is 2.76 bits per heavy atom. The van der Waals surface area contributed by atoms with Crippen LogP contribution in [0, 0.1) is 13.8 Å². The van der Waals surface area contributed by atoms with Gasteiger partial charge in [0.2, 0.25) is 0 Å². The number of hydrogen-bond acceptors (Lipinski definition) is 3. The van der Waals surface area contributed by atoms with Crippen molar-refractivity contribution in [1.29, 1.82) is 0 Å². The van der Waals surface area contributed by atoms with Crippen LogP contribution in [0.1, 0.15) is 22.1 Å². The first kappa shape index (κ1) is 14.5. The highest BCUT2D eigenvalue weighted by molar-refractivity contribution is 7.09. The van der Waals surface area contributed by atoms with E-state index in [4.69, 9.17) is 16.6 Å². The van der Waals surface area contributed by atoms with E-state index in [1.54, 1.807) is 11.3 Å². The quantitative estimate of drug-likeness (QED) is 0.662. The first-order chi connectivity index (χ1) is 10.2. The second-order valence-electron chi connectivity index (χ2n) is 5.19. The van der Waals surface area contributed by atoms with E-state index in [-0.39, 0.29) is 0 Å². The number of nitrogens with zero attached hydrogens (tertiary/aromatic N) is 3. The van der Waals surface area contributed by atoms with Gasteiger partial charge in [0.1, 0.15) is 5.82 Å². The van der Waals surface area contributed by atoms with Gasteiger partial charge >= 0.3 is 0 Å². The molecule has 1 aromatic carbocycles. The summed E-state index contributed by atoms with van der Waals surface area (Å²) in [5.41, 5.74) is 4.65. The number of hydrogen-bond donors (Lipinski definition) is 0. The van der Waals surface area contributed by atoms with Crippen molar-refractivity contribution in [3.8, 4) is 0 Å². The van der Waals surface area contributed by atoms with Crippen molar-refractivity contribution in [2.75, 3.05) is 5.88 Å². The molecule has 0 radical (unpaired) electrons. The number of benzene rings is 1. The molecule has 2 aromatic heterocycles. The van der Waals surface area contributed by atoms with Gasteiger partial charge in [0.25, 0.3) is 0 Å². The molecule has 0 amide bonds. The third kappa shape index (κ3) is 2.97. The summed E-state index contributed by atoms with van der Waals surface area (Å²) < 4.78 is 2.31. The van der Waals surface area contributed by atoms with Crippen LogP contribution in [0.15, 0.2) is 23.6 Å². The molecule has 0 spiro atoms. The number of fused-ring (bicyclic) bond motifs is 1. The second kappa shape index (κ2) is 6.16. The van der Waals surface area contributed by atoms with Gasteiger partial charge in [0, 0.05) is 36.3 Å². The van der Waals surface area contributed by atoms with Crippen molar-refractivity contribution in [3.05, 3.63) is 45.7 Å². The number of imidazole rings is 1. The first-order valence-corrected chi connectivity index (χ1v) is 8.52. The molecule has 3 aromatic rings. The van der Waals surface area contributed by atoms with Gasteiger partial charge in [-0.2, -0.15) is 0 Å². The minimum Gasteiger partial charge on any atom is -0.327 e. The van der Waals surface area contributed by atoms with Crippen molar-refractivity contribution in [3.63, 3.8) is 0 Å². The Kier molecular flexibility index (Phi) is 4.27. The van der Waals surface area contributed by atoms with Crippen LogP contribution in [0.5, 0.6) is 0 Å². The number of halogens is 1. The standard InChI is InChI=1S/C16H18ClN3S/c1-11-4-3-5-13-16(11)20(14(19-13)6-8-17)9-7-15-18-12(2)10-21-15/h3-5,10H,6-9H2,1-2H3. The molecular formula is C16H18ClN3S. The Morgan fingerprint density at radius 1 is 1.19 bits per heavy atom. The monoisotopic (exact) mass is 319 g/mol. The lowest BCUT2D eigenvalue weighted by atomic mass is 10.2. The van der Waals surface area contributed by atoms with Crippen molar-refractivity contribution < 1.29 is 0 Å². The molecule has 3 rings (SSSR count). The Hall–Kier alpha value is -1.39. The fraction of sp³-hybridized carbons (Fsp3) is 0.375. The summed E-state index contributed by atoms with van der Waals surface area (Å²) in [6, 6.07) is 6.27. The van der Waals surface area contributed by atoms with Crippen molar-refractivity contribution >= 4 is 34.0 Å². The highest BCUT2D eigenvalue weighted by atomic mass is 35.5. The molecule has 5 heteroatoms. The number of rotatable bonds is 5. The Balaban J connectivity index is 1.96. The van der Waals surface area contributed by atoms with Crippen molar-refractivity contribution in [1.82, 2.24) is 14.5 Å². The van der Waals surface area contributed by atoms with Crippen LogP contribution in [-0.4, -0.2) is 20.4 Å². The summed E-state index contributed by atoms with van der Waals surface area (Å²) in [6.45, 7) is 5.08. The smallest absolute Gasteiger partial charge is 0.111 e. The van der Waals surface area contributed by atoms with Gasteiger partial charge in [-0.1, -0.05) is 12.1 Å². The maximum Gasteiger partial charge on any atom is 0.111 e. The topological polar surface area (TPSA) is 30.7 Å². The number of aryl methyl sites for hydroxylation is 5. The van der Waals surface area contributed by atoms with Crippen molar-refractivity contribution in [2.45, 2.75) is 33.2 Å². The van der Waals surface area contributed by atoms with Gasteiger partial charge in [-0.3, -0.25) is 0 Å². The fourth-order valence-electron chi connectivity index (χ4n) is 2.65. The summed E-state index contributed by atoms with van der Waals surface area (Å²) >= 11 is 7.66. The third-order valence-electron chi connectivity index (χ3n) is 3.58. The molecule has 0 fully saturated rings. The molecule has 21 heavy (non-hydrogen) atoms. The van der Waals surface area contributed by atoms with Crippen LogP contribution in [-0.2, 0) is 19.4 Å². The van der Waals surface area contributed by atoms with E-state index in [2.05, 4.69) is 40.1 Å². The van der Waals surface area contributed by atoms with Gasteiger partial charge < -0.3 is 4.57 Å². The SMILES string of the molecule is Cc1csc(CCn2c(CCCl)nc3cccc(C)c32)n1. The van der Waals surface area contributed by atoms with E-state index >= 15 is 0 Å². The highest BCUT2D eigenvalue weighted by Gasteiger charge is 2.12. The van der Waals surface area contributed by atoms with Crippen LogP contribution in [0.25, 0.3) is 11.0 Å². The summed E-state index contributed by atoms with van der Waals surface area (Å²) in [6.07, 6.45) is 1.74. The normalized spacial score (nSPS) is 11.4. The molecule has 2 heterocycles. The van der Waals surface area contributed by atoms with Gasteiger partial charge in [-0.25, -0.2) is 9.97 Å². The Morgan fingerprint density at radius 2 is 2.05 bits per heavy atom. The molecule has 0 N–H and O–H groups in total. The maximum absolute atomic E-state index is 5.93. The molecule has 0 saturated carbocycles. The molecule has 0 unspecified atom stereocenters. The molecule has 110 valence electrons. The lowest BCUT2D eigenvalue weighted by Gasteiger charge is -2.09. The molecule has 0 aliphatic carbocycles. The lowest BCUT2D eigenvalue weighted by Crippen LogP contribution is -2.07. The van der Waals surface area contributed by atoms with E-state index < -0.39 is 0 Å². The fourth-order valence-corrected chi connectivity index (χ4v) is 3.59. The summed E-state index contributed by atoms with van der Waals surface area (Å²) in [5.74, 6) is 1.67. The zero-order chi connectivity index (χ0) is 14.8. The molecule has 0 bridgehead atoms. The summed E-state index contributed by atoms with van der Waals surface area (Å²) in [7, 11) is 0. The van der Waals surface area contributed by atoms with Crippen molar-refractivity contribution in [2.24, 2.45) is 0 Å². The first-order valence-electron chi connectivity index (χ1n) is 7.10. The number of aromatic nitrogens is 3. The number of alkyl halides is 1. The van der Waals surface area contributed by atoms with Crippen LogP contribution >= 0.6 is 22.9 Å². The average molecular weight is 320 g/mol. The maximum atomic E-state index is 5.93. The minimum absolute atomic E-state index is 0.596. The zero-order valence-electron chi connectivity index (χ0n) is 12.3. The van der Waals surface area contributed by atoms with E-state index in [0.29, 0.717) is 5.88 Å². The van der Waals surface area contributed by atoms with Gasteiger partial charge in [-0.15, -0.1) is 22.9 Å². The number of thiazole rings is 1. The minimum atomic E-state index is 0.596. The van der Waals surface area contributed by atoms with E-state index in [1.807, 2.05) is 6.92 Å². The molecule has 0 aliphatic rings. The molecular weight excluding hydrogens is 302 g/mol. The Bertz CT molecular complexity index is 760. The lowest BCUT2D eigenvalue weighted by molar-refractivity contribution is 0.671. The summed E-state index contributed by atoms with van der Waals surface area (Å²) in [5, 5.41) is 3.28. The molecule has 0 atom stereocenters. The predicted octanol–water partition coefficient (Wildman–Crippen LogP) is 4.13. The largest absolute Gasteiger partial charge is 0.327 e. The van der Waals surface area contributed by atoms with E-state index in [1.165, 1.54) is 16.1 Å². The van der Waals surface area contributed by atoms with Crippen LogP contribution in [0.2, 0.25) is 0 Å².